The minimum Gasteiger partial charge on any atom is -0.354 e. The SMILES string of the molecule is Cc1cccc(CN2CCCC2C(=O)NCCc2cscn2)c1. The number of thiazole rings is 1. The van der Waals surface area contributed by atoms with E-state index in [0.717, 1.165) is 38.0 Å². The van der Waals surface area contributed by atoms with Crippen LogP contribution in [0, 0.1) is 6.92 Å². The first-order chi connectivity index (χ1) is 11.2. The summed E-state index contributed by atoms with van der Waals surface area (Å²) in [6.45, 7) is 4.62. The Kier molecular flexibility index (Phi) is 5.41. The fraction of sp³-hybridized carbons (Fsp3) is 0.444. The number of nitrogens with zero attached hydrogens (tertiary/aromatic N) is 2. The molecule has 4 nitrogen and oxygen atoms in total. The Hall–Kier alpha value is -1.72. The lowest BCUT2D eigenvalue weighted by Crippen LogP contribution is -2.43. The molecule has 1 aromatic carbocycles. The molecule has 3 rings (SSSR count). The highest BCUT2D eigenvalue weighted by molar-refractivity contribution is 7.07. The molecule has 1 fully saturated rings. The maximum Gasteiger partial charge on any atom is 0.237 e. The quantitative estimate of drug-likeness (QED) is 0.886. The molecule has 1 saturated heterocycles. The number of carbonyl (C=O) groups excluding carboxylic acids is 1. The molecule has 23 heavy (non-hydrogen) atoms. The van der Waals surface area contributed by atoms with Crippen molar-refractivity contribution in [3.8, 4) is 0 Å². The lowest BCUT2D eigenvalue weighted by molar-refractivity contribution is -0.125. The van der Waals surface area contributed by atoms with E-state index < -0.39 is 0 Å². The molecule has 1 amide bonds. The standard InChI is InChI=1S/C18H23N3OS/c1-14-4-2-5-15(10-14)11-21-9-3-6-17(21)18(22)19-8-7-16-12-23-13-20-16/h2,4-5,10,12-13,17H,3,6-9,11H2,1H3,(H,19,22). The molecular formula is C18H23N3OS. The number of amides is 1. The Labute approximate surface area is 141 Å². The lowest BCUT2D eigenvalue weighted by Gasteiger charge is -2.23. The molecule has 1 atom stereocenters. The van der Waals surface area contributed by atoms with E-state index in [1.165, 1.54) is 11.1 Å². The topological polar surface area (TPSA) is 45.2 Å². The zero-order chi connectivity index (χ0) is 16.1. The number of rotatable bonds is 6. The Morgan fingerprint density at radius 2 is 2.39 bits per heavy atom. The highest BCUT2D eigenvalue weighted by Crippen LogP contribution is 2.20. The van der Waals surface area contributed by atoms with Crippen LogP contribution >= 0.6 is 11.3 Å². The summed E-state index contributed by atoms with van der Waals surface area (Å²) in [7, 11) is 0. The Balaban J connectivity index is 1.52. The van der Waals surface area contributed by atoms with Gasteiger partial charge in [0.2, 0.25) is 5.91 Å². The molecule has 1 aliphatic heterocycles. The number of likely N-dealkylation sites (tertiary alicyclic amines) is 1. The lowest BCUT2D eigenvalue weighted by atomic mass is 10.1. The van der Waals surface area contributed by atoms with Crippen LogP contribution in [-0.4, -0.2) is 34.9 Å². The monoisotopic (exact) mass is 329 g/mol. The van der Waals surface area contributed by atoms with E-state index in [9.17, 15) is 4.79 Å². The van der Waals surface area contributed by atoms with Gasteiger partial charge in [-0.1, -0.05) is 29.8 Å². The first kappa shape index (κ1) is 16.1. The van der Waals surface area contributed by atoms with Crippen LogP contribution in [0.25, 0.3) is 0 Å². The fourth-order valence-electron chi connectivity index (χ4n) is 3.15. The number of aromatic nitrogens is 1. The van der Waals surface area contributed by atoms with Gasteiger partial charge in [-0.3, -0.25) is 9.69 Å². The highest BCUT2D eigenvalue weighted by Gasteiger charge is 2.30. The Morgan fingerprint density at radius 1 is 1.48 bits per heavy atom. The number of aryl methyl sites for hydroxylation is 1. The van der Waals surface area contributed by atoms with Gasteiger partial charge in [0.1, 0.15) is 0 Å². The average Bonchev–Trinajstić information content (AvgIpc) is 3.19. The minimum absolute atomic E-state index is 0.00551. The second-order valence-corrected chi connectivity index (χ2v) is 6.86. The van der Waals surface area contributed by atoms with Gasteiger partial charge in [-0.25, -0.2) is 4.98 Å². The first-order valence-corrected chi connectivity index (χ1v) is 9.11. The zero-order valence-electron chi connectivity index (χ0n) is 13.5. The molecule has 1 aromatic heterocycles. The smallest absolute Gasteiger partial charge is 0.237 e. The van der Waals surface area contributed by atoms with Gasteiger partial charge in [-0.2, -0.15) is 0 Å². The van der Waals surface area contributed by atoms with Gasteiger partial charge >= 0.3 is 0 Å². The number of hydrogen-bond donors (Lipinski definition) is 1. The second kappa shape index (κ2) is 7.70. The van der Waals surface area contributed by atoms with E-state index in [0.29, 0.717) is 6.54 Å². The number of carbonyl (C=O) groups is 1. The molecule has 5 heteroatoms. The Morgan fingerprint density at radius 3 is 3.17 bits per heavy atom. The highest BCUT2D eigenvalue weighted by atomic mass is 32.1. The van der Waals surface area contributed by atoms with E-state index in [1.54, 1.807) is 11.3 Å². The zero-order valence-corrected chi connectivity index (χ0v) is 14.3. The molecule has 1 unspecified atom stereocenters. The summed E-state index contributed by atoms with van der Waals surface area (Å²) in [6, 6.07) is 8.55. The van der Waals surface area contributed by atoms with Crippen molar-refractivity contribution in [1.82, 2.24) is 15.2 Å². The molecule has 1 aliphatic rings. The van der Waals surface area contributed by atoms with E-state index in [2.05, 4.69) is 46.4 Å². The second-order valence-electron chi connectivity index (χ2n) is 6.14. The van der Waals surface area contributed by atoms with E-state index in [4.69, 9.17) is 0 Å². The van der Waals surface area contributed by atoms with Crippen molar-refractivity contribution in [3.05, 3.63) is 52.0 Å². The molecule has 0 aliphatic carbocycles. The van der Waals surface area contributed by atoms with Crippen LogP contribution in [-0.2, 0) is 17.8 Å². The Bertz CT molecular complexity index is 641. The summed E-state index contributed by atoms with van der Waals surface area (Å²) < 4.78 is 0. The summed E-state index contributed by atoms with van der Waals surface area (Å²) in [4.78, 5) is 19.0. The number of benzene rings is 1. The first-order valence-electron chi connectivity index (χ1n) is 8.17. The van der Waals surface area contributed by atoms with E-state index >= 15 is 0 Å². The fourth-order valence-corrected chi connectivity index (χ4v) is 3.74. The third-order valence-corrected chi connectivity index (χ3v) is 4.93. The van der Waals surface area contributed by atoms with Crippen molar-refractivity contribution in [2.45, 2.75) is 38.8 Å². The molecule has 0 radical (unpaired) electrons. The molecule has 122 valence electrons. The van der Waals surface area contributed by atoms with Crippen LogP contribution < -0.4 is 5.32 Å². The molecule has 2 heterocycles. The van der Waals surface area contributed by atoms with Crippen LogP contribution in [0.2, 0.25) is 0 Å². The number of nitrogens with one attached hydrogen (secondary N) is 1. The minimum atomic E-state index is 0.00551. The van der Waals surface area contributed by atoms with Gasteiger partial charge < -0.3 is 5.32 Å². The molecular weight excluding hydrogens is 306 g/mol. The van der Waals surface area contributed by atoms with E-state index in [-0.39, 0.29) is 11.9 Å². The predicted molar refractivity (Wildman–Crippen MR) is 93.4 cm³/mol. The molecule has 0 bridgehead atoms. The van der Waals surface area contributed by atoms with Crippen molar-refractivity contribution in [2.24, 2.45) is 0 Å². The van der Waals surface area contributed by atoms with Crippen LogP contribution in [0.5, 0.6) is 0 Å². The van der Waals surface area contributed by atoms with Gasteiger partial charge in [-0.05, 0) is 31.9 Å². The van der Waals surface area contributed by atoms with Gasteiger partial charge in [0, 0.05) is 24.9 Å². The summed E-state index contributed by atoms with van der Waals surface area (Å²) in [5, 5.41) is 5.11. The normalized spacial score (nSPS) is 18.2. The van der Waals surface area contributed by atoms with Crippen LogP contribution in [0.3, 0.4) is 0 Å². The van der Waals surface area contributed by atoms with Gasteiger partial charge in [-0.15, -0.1) is 11.3 Å². The van der Waals surface area contributed by atoms with E-state index in [1.807, 2.05) is 10.9 Å². The van der Waals surface area contributed by atoms with Crippen molar-refractivity contribution in [1.29, 1.82) is 0 Å². The third-order valence-electron chi connectivity index (χ3n) is 4.30. The third kappa shape index (κ3) is 4.39. The van der Waals surface area contributed by atoms with Crippen molar-refractivity contribution in [3.63, 3.8) is 0 Å². The van der Waals surface area contributed by atoms with Crippen molar-refractivity contribution in [2.75, 3.05) is 13.1 Å². The molecule has 0 saturated carbocycles. The summed E-state index contributed by atoms with van der Waals surface area (Å²) in [5.41, 5.74) is 5.44. The van der Waals surface area contributed by atoms with Gasteiger partial charge in [0.05, 0.1) is 17.2 Å². The molecule has 2 aromatic rings. The molecule has 1 N–H and O–H groups in total. The maximum atomic E-state index is 12.5. The number of hydrogen-bond acceptors (Lipinski definition) is 4. The largest absolute Gasteiger partial charge is 0.354 e. The maximum absolute atomic E-state index is 12.5. The molecule has 0 spiro atoms. The van der Waals surface area contributed by atoms with Crippen LogP contribution in [0.4, 0.5) is 0 Å². The van der Waals surface area contributed by atoms with Crippen LogP contribution in [0.1, 0.15) is 29.7 Å². The predicted octanol–water partition coefficient (Wildman–Crippen LogP) is 2.77. The average molecular weight is 329 g/mol. The van der Waals surface area contributed by atoms with Crippen LogP contribution in [0.15, 0.2) is 35.2 Å². The van der Waals surface area contributed by atoms with Crippen molar-refractivity contribution < 1.29 is 4.79 Å². The van der Waals surface area contributed by atoms with Gasteiger partial charge in [0.25, 0.3) is 0 Å². The summed E-state index contributed by atoms with van der Waals surface area (Å²) in [5.74, 6) is 0.158. The summed E-state index contributed by atoms with van der Waals surface area (Å²) in [6.07, 6.45) is 2.85. The van der Waals surface area contributed by atoms with Gasteiger partial charge in [0.15, 0.2) is 0 Å². The summed E-state index contributed by atoms with van der Waals surface area (Å²) >= 11 is 1.59. The van der Waals surface area contributed by atoms with Crippen molar-refractivity contribution >= 4 is 17.2 Å².